The van der Waals surface area contributed by atoms with Crippen LogP contribution in [0.1, 0.15) is 6.42 Å². The number of nitrogens with one attached hydrogen (secondary N) is 1. The summed E-state index contributed by atoms with van der Waals surface area (Å²) >= 11 is 5.23. The van der Waals surface area contributed by atoms with Gasteiger partial charge in [-0.25, -0.2) is 0 Å². The predicted molar refractivity (Wildman–Crippen MR) is 86.1 cm³/mol. The van der Waals surface area contributed by atoms with E-state index in [0.29, 0.717) is 34.9 Å². The standard InChI is InChI=1S/C15H18N2O4S/c1-20-10-4-5-11(13(8-10)21-2)12-9-14(19)16-15(22)17(12)6-3-7-18/h4-5,8-9,18H,3,6-7H2,1-2H3,(H,16,19,22). The molecule has 2 N–H and O–H groups in total. The van der Waals surface area contributed by atoms with Crippen LogP contribution in [0.4, 0.5) is 0 Å². The number of rotatable bonds is 6. The third kappa shape index (κ3) is 3.37. The number of benzene rings is 1. The van der Waals surface area contributed by atoms with Crippen molar-refractivity contribution >= 4 is 12.2 Å². The fourth-order valence-electron chi connectivity index (χ4n) is 2.20. The van der Waals surface area contributed by atoms with Crippen molar-refractivity contribution in [3.63, 3.8) is 0 Å². The van der Waals surface area contributed by atoms with Gasteiger partial charge in [0.15, 0.2) is 4.77 Å². The van der Waals surface area contributed by atoms with Gasteiger partial charge in [-0.15, -0.1) is 0 Å². The van der Waals surface area contributed by atoms with E-state index < -0.39 is 0 Å². The Hall–Kier alpha value is -2.12. The maximum absolute atomic E-state index is 11.8. The first-order chi connectivity index (χ1) is 10.6. The zero-order chi connectivity index (χ0) is 16.1. The fraction of sp³-hybridized carbons (Fsp3) is 0.333. The van der Waals surface area contributed by atoms with E-state index in [1.54, 1.807) is 30.9 Å². The SMILES string of the molecule is COc1ccc(-c2cc(=O)[nH]c(=S)n2CCCO)c(OC)c1. The zero-order valence-corrected chi connectivity index (χ0v) is 13.3. The van der Waals surface area contributed by atoms with Gasteiger partial charge in [0, 0.05) is 30.8 Å². The van der Waals surface area contributed by atoms with Crippen LogP contribution in [0.2, 0.25) is 0 Å². The molecule has 0 unspecified atom stereocenters. The van der Waals surface area contributed by atoms with Gasteiger partial charge in [0.2, 0.25) is 0 Å². The molecule has 1 aromatic heterocycles. The van der Waals surface area contributed by atoms with Crippen molar-refractivity contribution in [2.75, 3.05) is 20.8 Å². The van der Waals surface area contributed by atoms with Crippen LogP contribution in [0, 0.1) is 4.77 Å². The van der Waals surface area contributed by atoms with Crippen LogP contribution in [0.3, 0.4) is 0 Å². The smallest absolute Gasteiger partial charge is 0.252 e. The predicted octanol–water partition coefficient (Wildman–Crippen LogP) is 1.97. The highest BCUT2D eigenvalue weighted by Crippen LogP contribution is 2.32. The van der Waals surface area contributed by atoms with E-state index in [-0.39, 0.29) is 12.2 Å². The van der Waals surface area contributed by atoms with Crippen molar-refractivity contribution in [3.8, 4) is 22.8 Å². The third-order valence-electron chi connectivity index (χ3n) is 3.26. The van der Waals surface area contributed by atoms with Gasteiger partial charge in [0.25, 0.3) is 5.56 Å². The molecule has 0 aliphatic heterocycles. The summed E-state index contributed by atoms with van der Waals surface area (Å²) in [4.78, 5) is 14.4. The lowest BCUT2D eigenvalue weighted by atomic mass is 10.1. The van der Waals surface area contributed by atoms with Crippen LogP contribution in [0.5, 0.6) is 11.5 Å². The second kappa shape index (κ2) is 7.24. The topological polar surface area (TPSA) is 76.5 Å². The molecule has 0 bridgehead atoms. The number of aliphatic hydroxyl groups is 1. The molecule has 0 fully saturated rings. The summed E-state index contributed by atoms with van der Waals surface area (Å²) in [5.41, 5.74) is 1.10. The van der Waals surface area contributed by atoms with Gasteiger partial charge in [-0.05, 0) is 30.8 Å². The zero-order valence-electron chi connectivity index (χ0n) is 12.5. The van der Waals surface area contributed by atoms with E-state index in [0.717, 1.165) is 5.56 Å². The molecule has 7 heteroatoms. The second-order valence-electron chi connectivity index (χ2n) is 4.62. The van der Waals surface area contributed by atoms with Crippen molar-refractivity contribution in [2.45, 2.75) is 13.0 Å². The lowest BCUT2D eigenvalue weighted by Crippen LogP contribution is -2.15. The summed E-state index contributed by atoms with van der Waals surface area (Å²) in [6, 6.07) is 6.82. The van der Waals surface area contributed by atoms with Gasteiger partial charge in [-0.1, -0.05) is 0 Å². The summed E-state index contributed by atoms with van der Waals surface area (Å²) in [5.74, 6) is 1.24. The Kier molecular flexibility index (Phi) is 5.35. The quantitative estimate of drug-likeness (QED) is 0.795. The Labute approximate surface area is 133 Å². The van der Waals surface area contributed by atoms with Crippen LogP contribution in [0.15, 0.2) is 29.1 Å². The number of ether oxygens (including phenoxy) is 2. The first kappa shape index (κ1) is 16.3. The van der Waals surface area contributed by atoms with Crippen LogP contribution >= 0.6 is 12.2 Å². The summed E-state index contributed by atoms with van der Waals surface area (Å²) in [7, 11) is 3.13. The van der Waals surface area contributed by atoms with Crippen molar-refractivity contribution in [3.05, 3.63) is 39.4 Å². The van der Waals surface area contributed by atoms with Crippen LogP contribution in [-0.4, -0.2) is 35.5 Å². The Morgan fingerprint density at radius 3 is 2.68 bits per heavy atom. The summed E-state index contributed by atoms with van der Waals surface area (Å²) < 4.78 is 12.7. The molecule has 2 rings (SSSR count). The number of hydrogen-bond acceptors (Lipinski definition) is 5. The molecule has 0 atom stereocenters. The number of nitrogens with zero attached hydrogens (tertiary/aromatic N) is 1. The number of H-pyrrole nitrogens is 1. The van der Waals surface area contributed by atoms with E-state index in [2.05, 4.69) is 4.98 Å². The van der Waals surface area contributed by atoms with Gasteiger partial charge in [0.05, 0.1) is 19.9 Å². The molecule has 0 saturated carbocycles. The largest absolute Gasteiger partial charge is 0.497 e. The molecule has 0 aliphatic carbocycles. The average molecular weight is 322 g/mol. The Balaban J connectivity index is 2.65. The highest BCUT2D eigenvalue weighted by Gasteiger charge is 2.12. The molecule has 118 valence electrons. The van der Waals surface area contributed by atoms with Crippen LogP contribution in [0.25, 0.3) is 11.3 Å². The molecule has 2 aromatic rings. The minimum atomic E-state index is -0.280. The monoisotopic (exact) mass is 322 g/mol. The molecule has 0 aliphatic rings. The second-order valence-corrected chi connectivity index (χ2v) is 5.01. The first-order valence-corrected chi connectivity index (χ1v) is 7.19. The molecule has 6 nitrogen and oxygen atoms in total. The lowest BCUT2D eigenvalue weighted by Gasteiger charge is -2.16. The summed E-state index contributed by atoms with van der Waals surface area (Å²) in [6.45, 7) is 0.538. The van der Waals surface area contributed by atoms with Crippen molar-refractivity contribution in [1.29, 1.82) is 0 Å². The van der Waals surface area contributed by atoms with E-state index >= 15 is 0 Å². The number of aromatic amines is 1. The van der Waals surface area contributed by atoms with Gasteiger partial charge in [0.1, 0.15) is 11.5 Å². The van der Waals surface area contributed by atoms with E-state index in [9.17, 15) is 4.79 Å². The lowest BCUT2D eigenvalue weighted by molar-refractivity contribution is 0.279. The molecule has 0 amide bonds. The number of methoxy groups -OCH3 is 2. The molecule has 0 saturated heterocycles. The first-order valence-electron chi connectivity index (χ1n) is 6.78. The summed E-state index contributed by atoms with van der Waals surface area (Å²) in [5, 5.41) is 9.04. The Morgan fingerprint density at radius 1 is 1.27 bits per heavy atom. The maximum Gasteiger partial charge on any atom is 0.252 e. The Bertz CT molecular complexity index is 767. The maximum atomic E-state index is 11.8. The third-order valence-corrected chi connectivity index (χ3v) is 3.58. The highest BCUT2D eigenvalue weighted by molar-refractivity contribution is 7.71. The number of aromatic nitrogens is 2. The van der Waals surface area contributed by atoms with Crippen molar-refractivity contribution < 1.29 is 14.6 Å². The number of hydrogen-bond donors (Lipinski definition) is 2. The molecular formula is C15H18N2O4S. The molecule has 0 radical (unpaired) electrons. The van der Waals surface area contributed by atoms with Crippen LogP contribution < -0.4 is 15.0 Å². The molecule has 1 heterocycles. The minimum absolute atomic E-state index is 0.0418. The van der Waals surface area contributed by atoms with Gasteiger partial charge < -0.3 is 19.1 Å². The molecule has 0 spiro atoms. The van der Waals surface area contributed by atoms with E-state index in [1.165, 1.54) is 6.07 Å². The summed E-state index contributed by atoms with van der Waals surface area (Å²) in [6.07, 6.45) is 0.534. The van der Waals surface area contributed by atoms with Gasteiger partial charge in [-0.3, -0.25) is 9.78 Å². The van der Waals surface area contributed by atoms with Crippen LogP contribution in [-0.2, 0) is 6.54 Å². The highest BCUT2D eigenvalue weighted by atomic mass is 32.1. The molecular weight excluding hydrogens is 304 g/mol. The van der Waals surface area contributed by atoms with Crippen molar-refractivity contribution in [2.24, 2.45) is 0 Å². The van der Waals surface area contributed by atoms with E-state index in [1.807, 2.05) is 6.07 Å². The van der Waals surface area contributed by atoms with Crippen molar-refractivity contribution in [1.82, 2.24) is 9.55 Å². The van der Waals surface area contributed by atoms with Gasteiger partial charge in [-0.2, -0.15) is 0 Å². The Morgan fingerprint density at radius 2 is 2.05 bits per heavy atom. The number of aliphatic hydroxyl groups excluding tert-OH is 1. The normalized spacial score (nSPS) is 10.5. The average Bonchev–Trinajstić information content (AvgIpc) is 2.52. The minimum Gasteiger partial charge on any atom is -0.497 e. The molecule has 1 aromatic carbocycles. The molecule has 22 heavy (non-hydrogen) atoms. The van der Waals surface area contributed by atoms with E-state index in [4.69, 9.17) is 26.8 Å². The van der Waals surface area contributed by atoms with Gasteiger partial charge >= 0.3 is 0 Å². The fourth-order valence-corrected chi connectivity index (χ4v) is 2.49.